The Bertz CT molecular complexity index is 1130. The van der Waals surface area contributed by atoms with Crippen LogP contribution < -0.4 is 5.56 Å². The van der Waals surface area contributed by atoms with Crippen LogP contribution in [0.25, 0.3) is 32.5 Å². The molecule has 120 valence electrons. The maximum atomic E-state index is 12.7. The number of H-pyrrole nitrogens is 2. The van der Waals surface area contributed by atoms with Crippen LogP contribution in [0.5, 0.6) is 0 Å². The van der Waals surface area contributed by atoms with E-state index >= 15 is 0 Å². The molecule has 1 aliphatic rings. The fourth-order valence-corrected chi connectivity index (χ4v) is 5.13. The molecule has 3 heterocycles. The maximum absolute atomic E-state index is 12.7. The number of aromatic amines is 2. The van der Waals surface area contributed by atoms with Crippen molar-refractivity contribution in [1.29, 1.82) is 0 Å². The van der Waals surface area contributed by atoms with Crippen molar-refractivity contribution in [3.05, 3.63) is 51.3 Å². The van der Waals surface area contributed by atoms with E-state index in [1.807, 2.05) is 30.5 Å². The first kappa shape index (κ1) is 14.0. The number of aryl methyl sites for hydroxylation is 1. The Morgan fingerprint density at radius 2 is 2.17 bits per heavy atom. The van der Waals surface area contributed by atoms with E-state index in [-0.39, 0.29) is 5.56 Å². The van der Waals surface area contributed by atoms with Crippen molar-refractivity contribution in [3.8, 4) is 11.4 Å². The summed E-state index contributed by atoms with van der Waals surface area (Å²) in [5, 5.41) is 1.89. The molecule has 0 spiro atoms. The lowest BCUT2D eigenvalue weighted by Crippen LogP contribution is -2.13. The highest BCUT2D eigenvalue weighted by Crippen LogP contribution is 2.36. The van der Waals surface area contributed by atoms with Gasteiger partial charge in [0.1, 0.15) is 10.7 Å². The summed E-state index contributed by atoms with van der Waals surface area (Å²) < 4.78 is 0. The summed E-state index contributed by atoms with van der Waals surface area (Å²) >= 11 is 1.69. The zero-order chi connectivity index (χ0) is 16.3. The van der Waals surface area contributed by atoms with Gasteiger partial charge in [-0.15, -0.1) is 11.3 Å². The zero-order valence-electron chi connectivity index (χ0n) is 13.3. The third-order valence-electron chi connectivity index (χ3n) is 5.01. The molecule has 3 aromatic heterocycles. The number of fused-ring (bicyclic) bond motifs is 4. The molecule has 4 nitrogen and oxygen atoms in total. The van der Waals surface area contributed by atoms with E-state index in [1.165, 1.54) is 10.4 Å². The van der Waals surface area contributed by atoms with E-state index in [9.17, 15) is 4.79 Å². The molecule has 0 amide bonds. The molecule has 0 saturated heterocycles. The van der Waals surface area contributed by atoms with Gasteiger partial charge in [-0.05, 0) is 36.8 Å². The molecule has 5 rings (SSSR count). The lowest BCUT2D eigenvalue weighted by Gasteiger charge is -2.17. The Hall–Kier alpha value is -2.40. The second kappa shape index (κ2) is 5.05. The number of para-hydroxylation sites is 1. The van der Waals surface area contributed by atoms with Gasteiger partial charge in [0.2, 0.25) is 0 Å². The van der Waals surface area contributed by atoms with Gasteiger partial charge in [-0.25, -0.2) is 4.98 Å². The van der Waals surface area contributed by atoms with Gasteiger partial charge >= 0.3 is 0 Å². The first-order valence-electron chi connectivity index (χ1n) is 8.32. The molecular formula is C19H17N3OS. The molecule has 0 aliphatic heterocycles. The summed E-state index contributed by atoms with van der Waals surface area (Å²) in [5.41, 5.74) is 3.22. The first-order chi connectivity index (χ1) is 11.7. The molecule has 0 saturated carbocycles. The monoisotopic (exact) mass is 335 g/mol. The average Bonchev–Trinajstić information content (AvgIpc) is 3.15. The van der Waals surface area contributed by atoms with Crippen molar-refractivity contribution in [2.24, 2.45) is 5.92 Å². The number of nitrogens with one attached hydrogen (secondary N) is 2. The quantitative estimate of drug-likeness (QED) is 0.546. The Morgan fingerprint density at radius 1 is 1.29 bits per heavy atom. The van der Waals surface area contributed by atoms with Crippen molar-refractivity contribution in [2.75, 3.05) is 0 Å². The van der Waals surface area contributed by atoms with Crippen LogP contribution in [-0.4, -0.2) is 15.0 Å². The highest BCUT2D eigenvalue weighted by atomic mass is 32.1. The molecular weight excluding hydrogens is 318 g/mol. The predicted octanol–water partition coefficient (Wildman–Crippen LogP) is 4.26. The number of nitrogens with zero attached hydrogens (tertiary/aromatic N) is 1. The second-order valence-electron chi connectivity index (χ2n) is 6.69. The van der Waals surface area contributed by atoms with Gasteiger partial charge in [0, 0.05) is 27.5 Å². The molecule has 24 heavy (non-hydrogen) atoms. The maximum Gasteiger partial charge on any atom is 0.260 e. The van der Waals surface area contributed by atoms with Crippen molar-refractivity contribution in [1.82, 2.24) is 15.0 Å². The van der Waals surface area contributed by atoms with Gasteiger partial charge in [-0.2, -0.15) is 0 Å². The Balaban J connectivity index is 1.75. The molecule has 0 fully saturated rings. The van der Waals surface area contributed by atoms with E-state index in [0.29, 0.717) is 11.7 Å². The summed E-state index contributed by atoms with van der Waals surface area (Å²) in [5.74, 6) is 1.34. The van der Waals surface area contributed by atoms with E-state index in [1.54, 1.807) is 11.3 Å². The number of benzene rings is 1. The minimum atomic E-state index is -0.00710. The van der Waals surface area contributed by atoms with E-state index < -0.39 is 0 Å². The summed E-state index contributed by atoms with van der Waals surface area (Å²) in [7, 11) is 0. The van der Waals surface area contributed by atoms with Gasteiger partial charge in [0.15, 0.2) is 0 Å². The van der Waals surface area contributed by atoms with Crippen LogP contribution in [0, 0.1) is 5.92 Å². The minimum absolute atomic E-state index is 0.00710. The lowest BCUT2D eigenvalue weighted by molar-refractivity contribution is 0.509. The van der Waals surface area contributed by atoms with Crippen molar-refractivity contribution >= 4 is 32.5 Å². The third-order valence-corrected chi connectivity index (χ3v) is 6.16. The minimum Gasteiger partial charge on any atom is -0.360 e. The number of aromatic nitrogens is 3. The fraction of sp³-hybridized carbons (Fsp3) is 0.263. The molecule has 1 aliphatic carbocycles. The number of rotatable bonds is 1. The molecule has 4 aromatic rings. The van der Waals surface area contributed by atoms with Crippen LogP contribution in [0.15, 0.2) is 35.3 Å². The third kappa shape index (κ3) is 1.97. The second-order valence-corrected chi connectivity index (χ2v) is 7.78. The normalized spacial score (nSPS) is 17.5. The first-order valence-corrected chi connectivity index (χ1v) is 9.13. The Morgan fingerprint density at radius 3 is 3.08 bits per heavy atom. The standard InChI is InChI=1S/C19H17N3OS/c1-10-6-7-12-15(8-10)24-19-16(12)18(23)21-17(22-19)13-9-20-14-5-3-2-4-11(13)14/h2-5,9-10,20H,6-8H2,1H3,(H,21,22,23). The Kier molecular flexibility index (Phi) is 2.94. The SMILES string of the molecule is CC1CCc2c(sc3nc(-c4c[nH]c5ccccc45)[nH]c(=O)c23)C1. The van der Waals surface area contributed by atoms with Crippen LogP contribution in [0.2, 0.25) is 0 Å². The fourth-order valence-electron chi connectivity index (χ4n) is 3.74. The highest BCUT2D eigenvalue weighted by Gasteiger charge is 2.23. The largest absolute Gasteiger partial charge is 0.360 e. The zero-order valence-corrected chi connectivity index (χ0v) is 14.2. The highest BCUT2D eigenvalue weighted by molar-refractivity contribution is 7.18. The van der Waals surface area contributed by atoms with Crippen molar-refractivity contribution in [3.63, 3.8) is 0 Å². The van der Waals surface area contributed by atoms with E-state index in [4.69, 9.17) is 4.98 Å². The molecule has 1 unspecified atom stereocenters. The topological polar surface area (TPSA) is 61.5 Å². The molecule has 2 N–H and O–H groups in total. The molecule has 5 heteroatoms. The Labute approximate surface area is 142 Å². The van der Waals surface area contributed by atoms with Crippen LogP contribution >= 0.6 is 11.3 Å². The smallest absolute Gasteiger partial charge is 0.260 e. The summed E-state index contributed by atoms with van der Waals surface area (Å²) in [6.45, 7) is 2.28. The summed E-state index contributed by atoms with van der Waals surface area (Å²) in [4.78, 5) is 26.0. The number of hydrogen-bond acceptors (Lipinski definition) is 3. The number of hydrogen-bond donors (Lipinski definition) is 2. The predicted molar refractivity (Wildman–Crippen MR) is 98.7 cm³/mol. The van der Waals surface area contributed by atoms with Gasteiger partial charge in [0.25, 0.3) is 5.56 Å². The summed E-state index contributed by atoms with van der Waals surface area (Å²) in [6.07, 6.45) is 5.14. The molecule has 0 radical (unpaired) electrons. The van der Waals surface area contributed by atoms with Crippen LogP contribution in [0.4, 0.5) is 0 Å². The van der Waals surface area contributed by atoms with Crippen LogP contribution in [0.3, 0.4) is 0 Å². The van der Waals surface area contributed by atoms with E-state index in [2.05, 4.69) is 16.9 Å². The molecule has 1 aromatic carbocycles. The summed E-state index contributed by atoms with van der Waals surface area (Å²) in [6, 6.07) is 8.07. The van der Waals surface area contributed by atoms with Gasteiger partial charge < -0.3 is 9.97 Å². The lowest BCUT2D eigenvalue weighted by atomic mass is 9.89. The van der Waals surface area contributed by atoms with E-state index in [0.717, 1.165) is 45.9 Å². The molecule has 0 bridgehead atoms. The van der Waals surface area contributed by atoms with Crippen molar-refractivity contribution in [2.45, 2.75) is 26.2 Å². The van der Waals surface area contributed by atoms with Gasteiger partial charge in [0.05, 0.1) is 5.39 Å². The average molecular weight is 335 g/mol. The van der Waals surface area contributed by atoms with Crippen LogP contribution in [-0.2, 0) is 12.8 Å². The number of thiophene rings is 1. The van der Waals surface area contributed by atoms with Gasteiger partial charge in [-0.1, -0.05) is 25.1 Å². The van der Waals surface area contributed by atoms with Crippen LogP contribution in [0.1, 0.15) is 23.8 Å². The van der Waals surface area contributed by atoms with Gasteiger partial charge in [-0.3, -0.25) is 4.79 Å². The van der Waals surface area contributed by atoms with Crippen molar-refractivity contribution < 1.29 is 0 Å². The molecule has 1 atom stereocenters.